The number of aryl methyl sites for hydroxylation is 1. The molecule has 17 heavy (non-hydrogen) atoms. The largest absolute Gasteiger partial charge is 0.464 e. The van der Waals surface area contributed by atoms with Gasteiger partial charge in [0.25, 0.3) is 0 Å². The van der Waals surface area contributed by atoms with E-state index in [2.05, 4.69) is 10.6 Å². The van der Waals surface area contributed by atoms with Crippen molar-refractivity contribution in [2.45, 2.75) is 32.7 Å². The first kappa shape index (κ1) is 12.2. The normalized spacial score (nSPS) is 22.1. The van der Waals surface area contributed by atoms with E-state index in [-0.39, 0.29) is 17.9 Å². The number of nitrogens with one attached hydrogen (secondary N) is 2. The minimum absolute atomic E-state index is 0.0573. The molecule has 1 aromatic heterocycles. The summed E-state index contributed by atoms with van der Waals surface area (Å²) in [6, 6.07) is 3.78. The Kier molecular flexibility index (Phi) is 3.84. The Morgan fingerprint density at radius 2 is 2.41 bits per heavy atom. The summed E-state index contributed by atoms with van der Waals surface area (Å²) in [5, 5.41) is 6.26. The number of carbonyl (C=O) groups is 1. The van der Waals surface area contributed by atoms with Crippen LogP contribution in [0.5, 0.6) is 0 Å². The summed E-state index contributed by atoms with van der Waals surface area (Å²) in [5.41, 5.74) is 0. The van der Waals surface area contributed by atoms with Crippen LogP contribution in [-0.2, 0) is 4.79 Å². The van der Waals surface area contributed by atoms with E-state index in [9.17, 15) is 4.79 Å². The second kappa shape index (κ2) is 5.36. The molecule has 4 heteroatoms. The molecule has 0 bridgehead atoms. The van der Waals surface area contributed by atoms with E-state index in [1.807, 2.05) is 26.0 Å². The molecule has 94 valence electrons. The molecule has 2 N–H and O–H groups in total. The van der Waals surface area contributed by atoms with Gasteiger partial charge < -0.3 is 15.1 Å². The van der Waals surface area contributed by atoms with E-state index in [1.165, 1.54) is 0 Å². The quantitative estimate of drug-likeness (QED) is 0.841. The Hall–Kier alpha value is -1.29. The van der Waals surface area contributed by atoms with Crippen LogP contribution in [-0.4, -0.2) is 19.0 Å². The highest BCUT2D eigenvalue weighted by Gasteiger charge is 2.23. The van der Waals surface area contributed by atoms with E-state index in [1.54, 1.807) is 0 Å². The van der Waals surface area contributed by atoms with Gasteiger partial charge in [-0.2, -0.15) is 0 Å². The molecule has 1 saturated heterocycles. The first-order chi connectivity index (χ1) is 8.16. The Labute approximate surface area is 102 Å². The summed E-state index contributed by atoms with van der Waals surface area (Å²) in [4.78, 5) is 12.0. The van der Waals surface area contributed by atoms with Crippen LogP contribution in [0.15, 0.2) is 16.5 Å². The van der Waals surface area contributed by atoms with Gasteiger partial charge >= 0.3 is 0 Å². The van der Waals surface area contributed by atoms with Crippen molar-refractivity contribution in [1.82, 2.24) is 10.6 Å². The summed E-state index contributed by atoms with van der Waals surface area (Å²) in [6.07, 6.45) is 2.05. The van der Waals surface area contributed by atoms with Crippen LogP contribution < -0.4 is 10.6 Å². The van der Waals surface area contributed by atoms with Gasteiger partial charge in [0, 0.05) is 6.54 Å². The third-order valence-electron chi connectivity index (χ3n) is 3.21. The van der Waals surface area contributed by atoms with Crippen LogP contribution in [0.2, 0.25) is 0 Å². The molecule has 0 aromatic carbocycles. The number of furan rings is 1. The van der Waals surface area contributed by atoms with Crippen LogP contribution in [0.3, 0.4) is 0 Å². The molecule has 1 fully saturated rings. The van der Waals surface area contributed by atoms with Crippen LogP contribution >= 0.6 is 0 Å². The van der Waals surface area contributed by atoms with Gasteiger partial charge in [0.2, 0.25) is 5.91 Å². The molecule has 0 saturated carbocycles. The Morgan fingerprint density at radius 1 is 1.59 bits per heavy atom. The third-order valence-corrected chi connectivity index (χ3v) is 3.21. The van der Waals surface area contributed by atoms with Gasteiger partial charge in [-0.3, -0.25) is 4.79 Å². The minimum atomic E-state index is -0.0573. The average molecular weight is 236 g/mol. The van der Waals surface area contributed by atoms with E-state index >= 15 is 0 Å². The molecule has 0 aliphatic carbocycles. The predicted octanol–water partition coefficient (Wildman–Crippen LogP) is 1.76. The average Bonchev–Trinajstić information content (AvgIpc) is 2.77. The molecule has 4 nitrogen and oxygen atoms in total. The second-order valence-electron chi connectivity index (χ2n) is 4.72. The maximum atomic E-state index is 12.0. The van der Waals surface area contributed by atoms with Crippen LogP contribution in [0.1, 0.15) is 37.3 Å². The molecule has 2 rings (SSSR count). The van der Waals surface area contributed by atoms with Crippen LogP contribution in [0.4, 0.5) is 0 Å². The van der Waals surface area contributed by atoms with Crippen LogP contribution in [0.25, 0.3) is 0 Å². The highest BCUT2D eigenvalue weighted by molar-refractivity contribution is 5.79. The molecule has 1 unspecified atom stereocenters. The lowest BCUT2D eigenvalue weighted by molar-refractivity contribution is -0.126. The van der Waals surface area contributed by atoms with Crippen molar-refractivity contribution in [2.75, 3.05) is 13.1 Å². The maximum absolute atomic E-state index is 12.0. The van der Waals surface area contributed by atoms with E-state index in [0.29, 0.717) is 0 Å². The Balaban J connectivity index is 1.89. The van der Waals surface area contributed by atoms with Crippen LogP contribution in [0, 0.1) is 12.8 Å². The molecule has 2 heterocycles. The van der Waals surface area contributed by atoms with Crippen molar-refractivity contribution in [3.63, 3.8) is 0 Å². The lowest BCUT2D eigenvalue weighted by Gasteiger charge is -2.23. The topological polar surface area (TPSA) is 54.3 Å². The van der Waals surface area contributed by atoms with Crippen molar-refractivity contribution in [3.8, 4) is 0 Å². The first-order valence-electron chi connectivity index (χ1n) is 6.24. The van der Waals surface area contributed by atoms with Gasteiger partial charge in [-0.05, 0) is 45.4 Å². The number of piperidine rings is 1. The van der Waals surface area contributed by atoms with Gasteiger partial charge in [-0.15, -0.1) is 0 Å². The minimum Gasteiger partial charge on any atom is -0.464 e. The van der Waals surface area contributed by atoms with Crippen molar-refractivity contribution in [1.29, 1.82) is 0 Å². The summed E-state index contributed by atoms with van der Waals surface area (Å²) < 4.78 is 5.50. The number of carbonyl (C=O) groups excluding carboxylic acids is 1. The molecule has 2 atom stereocenters. The third kappa shape index (κ3) is 3.09. The fourth-order valence-electron chi connectivity index (χ4n) is 2.16. The molecule has 1 aliphatic rings. The van der Waals surface area contributed by atoms with Gasteiger partial charge in [-0.1, -0.05) is 0 Å². The summed E-state index contributed by atoms with van der Waals surface area (Å²) >= 11 is 0. The SMILES string of the molecule is Cc1ccc(C(C)NC(=O)[C@H]2CCCNC2)o1. The van der Waals surface area contributed by atoms with E-state index in [0.717, 1.165) is 37.5 Å². The monoisotopic (exact) mass is 236 g/mol. The van der Waals surface area contributed by atoms with Gasteiger partial charge in [-0.25, -0.2) is 0 Å². The molecule has 1 amide bonds. The summed E-state index contributed by atoms with van der Waals surface area (Å²) in [5.74, 6) is 1.92. The molecule has 0 spiro atoms. The Bertz CT molecular complexity index is 381. The van der Waals surface area contributed by atoms with Gasteiger partial charge in [0.1, 0.15) is 11.5 Å². The molecule has 1 aliphatic heterocycles. The zero-order chi connectivity index (χ0) is 12.3. The zero-order valence-corrected chi connectivity index (χ0v) is 10.5. The number of hydrogen-bond donors (Lipinski definition) is 2. The zero-order valence-electron chi connectivity index (χ0n) is 10.5. The molecule has 0 radical (unpaired) electrons. The van der Waals surface area contributed by atoms with Crippen molar-refractivity contribution < 1.29 is 9.21 Å². The number of amides is 1. The fourth-order valence-corrected chi connectivity index (χ4v) is 2.16. The standard InChI is InChI=1S/C13H20N2O2/c1-9-5-6-12(17-9)10(2)15-13(16)11-4-3-7-14-8-11/h5-6,10-11,14H,3-4,7-8H2,1-2H3,(H,15,16)/t10?,11-/m0/s1. The molecule has 1 aromatic rings. The van der Waals surface area contributed by atoms with Crippen molar-refractivity contribution in [2.24, 2.45) is 5.92 Å². The van der Waals surface area contributed by atoms with Gasteiger partial charge in [0.05, 0.1) is 12.0 Å². The number of hydrogen-bond acceptors (Lipinski definition) is 3. The van der Waals surface area contributed by atoms with Gasteiger partial charge in [0.15, 0.2) is 0 Å². The molecular weight excluding hydrogens is 216 g/mol. The van der Waals surface area contributed by atoms with E-state index in [4.69, 9.17) is 4.42 Å². The van der Waals surface area contributed by atoms with Crippen molar-refractivity contribution in [3.05, 3.63) is 23.7 Å². The second-order valence-corrected chi connectivity index (χ2v) is 4.72. The summed E-state index contributed by atoms with van der Waals surface area (Å²) in [6.45, 7) is 5.67. The highest BCUT2D eigenvalue weighted by Crippen LogP contribution is 2.17. The highest BCUT2D eigenvalue weighted by atomic mass is 16.3. The van der Waals surface area contributed by atoms with E-state index < -0.39 is 0 Å². The maximum Gasteiger partial charge on any atom is 0.224 e. The number of rotatable bonds is 3. The lowest BCUT2D eigenvalue weighted by atomic mass is 9.98. The Morgan fingerprint density at radius 3 is 3.00 bits per heavy atom. The summed E-state index contributed by atoms with van der Waals surface area (Å²) in [7, 11) is 0. The molecular formula is C13H20N2O2. The fraction of sp³-hybridized carbons (Fsp3) is 0.615. The van der Waals surface area contributed by atoms with Crippen molar-refractivity contribution >= 4 is 5.91 Å². The predicted molar refractivity (Wildman–Crippen MR) is 65.6 cm³/mol. The lowest BCUT2D eigenvalue weighted by Crippen LogP contribution is -2.41. The first-order valence-corrected chi connectivity index (χ1v) is 6.24. The smallest absolute Gasteiger partial charge is 0.224 e.